The van der Waals surface area contributed by atoms with Gasteiger partial charge in [-0.3, -0.25) is 0 Å². The molecule has 0 radical (unpaired) electrons. The SMILES string of the molecule is CC1CCCN(c2ncnc3c(S(=O)(=O)c4ccccc4)c(N)[nH]c23)C1. The molecule has 1 aliphatic rings. The van der Waals surface area contributed by atoms with Gasteiger partial charge in [0.05, 0.1) is 4.90 Å². The second-order valence-corrected chi connectivity index (χ2v) is 8.69. The predicted molar refractivity (Wildman–Crippen MR) is 101 cm³/mol. The number of benzene rings is 1. The lowest BCUT2D eigenvalue weighted by molar-refractivity contribution is 0.445. The van der Waals surface area contributed by atoms with Crippen LogP contribution in [0.2, 0.25) is 0 Å². The number of sulfone groups is 1. The van der Waals surface area contributed by atoms with Crippen LogP contribution in [-0.4, -0.2) is 36.5 Å². The number of fused-ring (bicyclic) bond motifs is 1. The van der Waals surface area contributed by atoms with E-state index in [2.05, 4.69) is 26.8 Å². The monoisotopic (exact) mass is 371 g/mol. The van der Waals surface area contributed by atoms with Gasteiger partial charge in [-0.05, 0) is 30.9 Å². The lowest BCUT2D eigenvalue weighted by Gasteiger charge is -2.31. The first-order valence-electron chi connectivity index (χ1n) is 8.65. The van der Waals surface area contributed by atoms with E-state index in [0.717, 1.165) is 19.5 Å². The van der Waals surface area contributed by atoms with E-state index in [1.807, 2.05) is 0 Å². The summed E-state index contributed by atoms with van der Waals surface area (Å²) in [5, 5.41) is 0. The van der Waals surface area contributed by atoms with E-state index >= 15 is 0 Å². The van der Waals surface area contributed by atoms with Crippen molar-refractivity contribution in [2.24, 2.45) is 5.92 Å². The number of H-pyrrole nitrogens is 1. The summed E-state index contributed by atoms with van der Waals surface area (Å²) >= 11 is 0. The third-order valence-electron chi connectivity index (χ3n) is 4.83. The topological polar surface area (TPSA) is 105 Å². The van der Waals surface area contributed by atoms with Crippen molar-refractivity contribution in [2.75, 3.05) is 23.7 Å². The largest absolute Gasteiger partial charge is 0.384 e. The highest BCUT2D eigenvalue weighted by atomic mass is 32.2. The van der Waals surface area contributed by atoms with Gasteiger partial charge in [0.25, 0.3) is 0 Å². The molecule has 0 amide bonds. The first-order chi connectivity index (χ1) is 12.5. The minimum absolute atomic E-state index is 0.0207. The molecule has 1 atom stereocenters. The van der Waals surface area contributed by atoms with Crippen LogP contribution >= 0.6 is 0 Å². The zero-order chi connectivity index (χ0) is 18.3. The molecule has 3 heterocycles. The van der Waals surface area contributed by atoms with E-state index in [1.54, 1.807) is 30.3 Å². The molecule has 26 heavy (non-hydrogen) atoms. The summed E-state index contributed by atoms with van der Waals surface area (Å²) in [6.45, 7) is 3.97. The number of nitrogens with one attached hydrogen (secondary N) is 1. The van der Waals surface area contributed by atoms with E-state index in [4.69, 9.17) is 5.73 Å². The van der Waals surface area contributed by atoms with Crippen LogP contribution < -0.4 is 10.6 Å². The molecule has 2 aromatic heterocycles. The van der Waals surface area contributed by atoms with E-state index in [-0.39, 0.29) is 15.6 Å². The Morgan fingerprint density at radius 2 is 2.00 bits per heavy atom. The maximum absolute atomic E-state index is 13.1. The highest BCUT2D eigenvalue weighted by molar-refractivity contribution is 7.92. The van der Waals surface area contributed by atoms with Crippen molar-refractivity contribution in [1.82, 2.24) is 15.0 Å². The molecule has 7 nitrogen and oxygen atoms in total. The van der Waals surface area contributed by atoms with E-state index in [0.29, 0.717) is 22.8 Å². The number of aromatic nitrogens is 3. The Hall–Kier alpha value is -2.61. The van der Waals surface area contributed by atoms with Crippen LogP contribution in [0.5, 0.6) is 0 Å². The fourth-order valence-electron chi connectivity index (χ4n) is 3.59. The molecule has 3 N–H and O–H groups in total. The standard InChI is InChI=1S/C18H21N5O2S/c1-12-6-5-9-23(10-12)18-15-14(20-11-21-18)16(17(19)22-15)26(24,25)13-7-3-2-4-8-13/h2-4,7-8,11-12,22H,5-6,9-10,19H2,1H3. The van der Waals surface area contributed by atoms with Gasteiger partial charge in [0, 0.05) is 13.1 Å². The molecule has 1 saturated heterocycles. The van der Waals surface area contributed by atoms with Crippen LogP contribution in [0.25, 0.3) is 11.0 Å². The normalized spacial score (nSPS) is 18.3. The Kier molecular flexibility index (Phi) is 4.07. The molecular formula is C18H21N5O2S. The summed E-state index contributed by atoms with van der Waals surface area (Å²) in [4.78, 5) is 14.1. The third kappa shape index (κ3) is 2.70. The van der Waals surface area contributed by atoms with Gasteiger partial charge in [-0.2, -0.15) is 0 Å². The molecule has 0 saturated carbocycles. The van der Waals surface area contributed by atoms with Crippen LogP contribution in [0.1, 0.15) is 19.8 Å². The summed E-state index contributed by atoms with van der Waals surface area (Å²) < 4.78 is 26.2. The number of piperidine rings is 1. The Balaban J connectivity index is 1.88. The second-order valence-electron chi connectivity index (χ2n) is 6.80. The van der Waals surface area contributed by atoms with Gasteiger partial charge in [-0.25, -0.2) is 18.4 Å². The minimum atomic E-state index is -3.78. The van der Waals surface area contributed by atoms with Crippen molar-refractivity contribution < 1.29 is 8.42 Å². The van der Waals surface area contributed by atoms with Gasteiger partial charge in [-0.15, -0.1) is 0 Å². The first-order valence-corrected chi connectivity index (χ1v) is 10.1. The predicted octanol–water partition coefficient (Wildman–Crippen LogP) is 2.61. The number of hydrogen-bond acceptors (Lipinski definition) is 6. The lowest BCUT2D eigenvalue weighted by atomic mass is 10.0. The Bertz CT molecular complexity index is 1050. The van der Waals surface area contributed by atoms with Gasteiger partial charge in [0.15, 0.2) is 5.82 Å². The van der Waals surface area contributed by atoms with Gasteiger partial charge in [-0.1, -0.05) is 25.1 Å². The van der Waals surface area contributed by atoms with Gasteiger partial charge < -0.3 is 15.6 Å². The Labute approximate surface area is 152 Å². The summed E-state index contributed by atoms with van der Waals surface area (Å²) in [5.74, 6) is 1.37. The number of nitrogens with zero attached hydrogens (tertiary/aromatic N) is 3. The van der Waals surface area contributed by atoms with Crippen LogP contribution in [-0.2, 0) is 9.84 Å². The fraction of sp³-hybridized carbons (Fsp3) is 0.333. The lowest BCUT2D eigenvalue weighted by Crippen LogP contribution is -2.35. The number of aromatic amines is 1. The minimum Gasteiger partial charge on any atom is -0.384 e. The van der Waals surface area contributed by atoms with Crippen molar-refractivity contribution in [3.05, 3.63) is 36.7 Å². The third-order valence-corrected chi connectivity index (χ3v) is 6.67. The summed E-state index contributed by atoms with van der Waals surface area (Å²) in [6.07, 6.45) is 3.68. The number of rotatable bonds is 3. The first kappa shape index (κ1) is 16.8. The number of nitrogens with two attached hydrogens (primary N) is 1. The van der Waals surface area contributed by atoms with E-state index in [9.17, 15) is 8.42 Å². The van der Waals surface area contributed by atoms with Crippen LogP contribution in [0.15, 0.2) is 46.5 Å². The Morgan fingerprint density at radius 3 is 2.73 bits per heavy atom. The average Bonchev–Trinajstić information content (AvgIpc) is 2.99. The number of hydrogen-bond donors (Lipinski definition) is 2. The van der Waals surface area contributed by atoms with Crippen molar-refractivity contribution in [3.63, 3.8) is 0 Å². The molecule has 0 bridgehead atoms. The molecule has 1 aliphatic heterocycles. The van der Waals surface area contributed by atoms with Crippen molar-refractivity contribution in [1.29, 1.82) is 0 Å². The molecule has 136 valence electrons. The summed E-state index contributed by atoms with van der Waals surface area (Å²) in [7, 11) is -3.78. The van der Waals surface area contributed by atoms with Crippen LogP contribution in [0.3, 0.4) is 0 Å². The molecule has 3 aromatic rings. The van der Waals surface area contributed by atoms with Crippen molar-refractivity contribution in [3.8, 4) is 0 Å². The van der Waals surface area contributed by atoms with Gasteiger partial charge in [0.1, 0.15) is 28.1 Å². The van der Waals surface area contributed by atoms with Gasteiger partial charge in [0.2, 0.25) is 9.84 Å². The molecule has 1 aromatic carbocycles. The smallest absolute Gasteiger partial charge is 0.212 e. The zero-order valence-corrected chi connectivity index (χ0v) is 15.3. The molecule has 0 aliphatic carbocycles. The van der Waals surface area contributed by atoms with Crippen LogP contribution in [0, 0.1) is 5.92 Å². The highest BCUT2D eigenvalue weighted by Crippen LogP contribution is 2.36. The molecular weight excluding hydrogens is 350 g/mol. The van der Waals surface area contributed by atoms with Crippen LogP contribution in [0.4, 0.5) is 11.6 Å². The van der Waals surface area contributed by atoms with Crippen molar-refractivity contribution >= 4 is 32.5 Å². The Morgan fingerprint density at radius 1 is 1.23 bits per heavy atom. The molecule has 0 spiro atoms. The fourth-order valence-corrected chi connectivity index (χ4v) is 5.09. The summed E-state index contributed by atoms with van der Waals surface area (Å²) in [6, 6.07) is 8.26. The van der Waals surface area contributed by atoms with E-state index in [1.165, 1.54) is 12.7 Å². The van der Waals surface area contributed by atoms with Crippen molar-refractivity contribution in [2.45, 2.75) is 29.6 Å². The average molecular weight is 371 g/mol. The maximum atomic E-state index is 13.1. The summed E-state index contributed by atoms with van der Waals surface area (Å²) in [5.41, 5.74) is 7.00. The highest BCUT2D eigenvalue weighted by Gasteiger charge is 2.29. The molecule has 4 rings (SSSR count). The zero-order valence-electron chi connectivity index (χ0n) is 14.5. The van der Waals surface area contributed by atoms with E-state index < -0.39 is 9.84 Å². The van der Waals surface area contributed by atoms with Gasteiger partial charge >= 0.3 is 0 Å². The number of anilines is 2. The molecule has 8 heteroatoms. The quantitative estimate of drug-likeness (QED) is 0.733. The number of nitrogen functional groups attached to an aromatic ring is 1. The molecule has 1 fully saturated rings. The second kappa shape index (κ2) is 6.28. The maximum Gasteiger partial charge on any atom is 0.212 e. The molecule has 1 unspecified atom stereocenters.